The van der Waals surface area contributed by atoms with E-state index in [1.807, 2.05) is 6.26 Å². The molecule has 2 aliphatic rings. The maximum atomic E-state index is 13.0. The van der Waals surface area contributed by atoms with E-state index in [4.69, 9.17) is 25.8 Å². The minimum absolute atomic E-state index is 0.0753. The topological polar surface area (TPSA) is 82.1 Å². The first-order valence-corrected chi connectivity index (χ1v) is 11.5. The van der Waals surface area contributed by atoms with Crippen molar-refractivity contribution in [2.75, 3.05) is 25.2 Å². The Kier molecular flexibility index (Phi) is 6.38. The van der Waals surface area contributed by atoms with Crippen LogP contribution >= 0.6 is 23.4 Å². The fraction of sp³-hybridized carbons (Fsp3) is 0.318. The molecular formula is C22H20ClNO6S. The number of halogens is 1. The summed E-state index contributed by atoms with van der Waals surface area (Å²) in [4.78, 5) is 39.6. The first kappa shape index (κ1) is 21.5. The molecule has 2 aromatic carbocycles. The molecule has 1 atom stereocenters. The summed E-state index contributed by atoms with van der Waals surface area (Å²) < 4.78 is 16.5. The molecule has 9 heteroatoms. The average molecular weight is 462 g/mol. The van der Waals surface area contributed by atoms with E-state index in [1.165, 1.54) is 11.8 Å². The number of ether oxygens (including phenoxy) is 3. The van der Waals surface area contributed by atoms with Gasteiger partial charge in [-0.15, -0.1) is 0 Å². The van der Waals surface area contributed by atoms with Crippen LogP contribution in [0.5, 0.6) is 11.5 Å². The van der Waals surface area contributed by atoms with Crippen molar-refractivity contribution in [1.82, 2.24) is 4.90 Å². The lowest BCUT2D eigenvalue weighted by atomic mass is 10.1. The molecule has 0 N–H and O–H groups in total. The summed E-state index contributed by atoms with van der Waals surface area (Å²) in [5.74, 6) is -0.0641. The van der Waals surface area contributed by atoms with Crippen LogP contribution in [0.25, 0.3) is 0 Å². The van der Waals surface area contributed by atoms with Gasteiger partial charge in [0.1, 0.15) is 25.9 Å². The van der Waals surface area contributed by atoms with Crippen molar-refractivity contribution < 1.29 is 28.6 Å². The zero-order valence-electron chi connectivity index (χ0n) is 16.8. The Bertz CT molecular complexity index is 1010. The number of amides is 2. The largest absolute Gasteiger partial charge is 0.486 e. The van der Waals surface area contributed by atoms with Crippen molar-refractivity contribution in [2.24, 2.45) is 0 Å². The number of fused-ring (bicyclic) bond motifs is 2. The van der Waals surface area contributed by atoms with E-state index in [0.717, 1.165) is 4.90 Å². The maximum absolute atomic E-state index is 13.0. The molecule has 162 valence electrons. The van der Waals surface area contributed by atoms with Crippen LogP contribution in [0.1, 0.15) is 32.7 Å². The van der Waals surface area contributed by atoms with Gasteiger partial charge in [0.05, 0.1) is 16.1 Å². The molecule has 2 aromatic rings. The van der Waals surface area contributed by atoms with Crippen LogP contribution in [-0.2, 0) is 16.1 Å². The second-order valence-corrected chi connectivity index (χ2v) is 8.43. The molecule has 7 nitrogen and oxygen atoms in total. The molecule has 0 spiro atoms. The van der Waals surface area contributed by atoms with Gasteiger partial charge in [-0.25, -0.2) is 4.79 Å². The number of thioether (sulfide) groups is 1. The average Bonchev–Trinajstić information content (AvgIpc) is 3.03. The fourth-order valence-corrected chi connectivity index (χ4v) is 4.32. The summed E-state index contributed by atoms with van der Waals surface area (Å²) in [6.45, 7) is 0.746. The van der Waals surface area contributed by atoms with E-state index in [2.05, 4.69) is 0 Å². The van der Waals surface area contributed by atoms with Gasteiger partial charge in [-0.1, -0.05) is 23.7 Å². The van der Waals surface area contributed by atoms with E-state index < -0.39 is 23.8 Å². The molecule has 2 heterocycles. The predicted molar refractivity (Wildman–Crippen MR) is 116 cm³/mol. The third-order valence-corrected chi connectivity index (χ3v) is 5.97. The van der Waals surface area contributed by atoms with Crippen LogP contribution in [-0.4, -0.2) is 53.9 Å². The highest BCUT2D eigenvalue weighted by molar-refractivity contribution is 7.98. The Labute approximate surface area is 188 Å². The lowest BCUT2D eigenvalue weighted by Gasteiger charge is -2.24. The maximum Gasteiger partial charge on any atom is 0.329 e. The van der Waals surface area contributed by atoms with Crippen LogP contribution in [0.3, 0.4) is 0 Å². The van der Waals surface area contributed by atoms with Crippen molar-refractivity contribution in [3.63, 3.8) is 0 Å². The Morgan fingerprint density at radius 1 is 1.16 bits per heavy atom. The minimum Gasteiger partial charge on any atom is -0.486 e. The highest BCUT2D eigenvalue weighted by Crippen LogP contribution is 2.38. The van der Waals surface area contributed by atoms with Gasteiger partial charge in [0, 0.05) is 0 Å². The Hall–Kier alpha value is -2.71. The number of esters is 1. The number of carbonyl (C=O) groups is 3. The van der Waals surface area contributed by atoms with Gasteiger partial charge >= 0.3 is 5.97 Å². The monoisotopic (exact) mass is 461 g/mol. The van der Waals surface area contributed by atoms with Crippen molar-refractivity contribution in [2.45, 2.75) is 19.1 Å². The third kappa shape index (κ3) is 4.22. The first-order valence-electron chi connectivity index (χ1n) is 9.71. The molecule has 0 fully saturated rings. The van der Waals surface area contributed by atoms with Gasteiger partial charge in [-0.3, -0.25) is 14.5 Å². The van der Waals surface area contributed by atoms with Crippen LogP contribution < -0.4 is 9.47 Å². The SMILES string of the molecule is CSCC[C@H](C(=O)OCc1cc(Cl)c2c(c1)OCCO2)N1C(=O)c2ccccc2C1=O. The smallest absolute Gasteiger partial charge is 0.329 e. The molecular weight excluding hydrogens is 442 g/mol. The van der Waals surface area contributed by atoms with Crippen molar-refractivity contribution in [3.8, 4) is 11.5 Å². The normalized spacial score (nSPS) is 15.6. The van der Waals surface area contributed by atoms with Crippen LogP contribution in [0.2, 0.25) is 5.02 Å². The molecule has 0 bridgehead atoms. The highest BCUT2D eigenvalue weighted by Gasteiger charge is 2.43. The Balaban J connectivity index is 1.51. The number of imide groups is 1. The Morgan fingerprint density at radius 3 is 2.52 bits per heavy atom. The molecule has 0 aromatic heterocycles. The molecule has 0 unspecified atom stereocenters. The Morgan fingerprint density at radius 2 is 1.84 bits per heavy atom. The van der Waals surface area contributed by atoms with Crippen LogP contribution in [0.4, 0.5) is 0 Å². The minimum atomic E-state index is -1.01. The zero-order chi connectivity index (χ0) is 22.0. The number of nitrogens with zero attached hydrogens (tertiary/aromatic N) is 1. The van der Waals surface area contributed by atoms with E-state index in [-0.39, 0.29) is 6.61 Å². The van der Waals surface area contributed by atoms with Crippen LogP contribution in [0, 0.1) is 0 Å². The van der Waals surface area contributed by atoms with Gasteiger partial charge in [0.2, 0.25) is 0 Å². The van der Waals surface area contributed by atoms with E-state index >= 15 is 0 Å². The number of hydrogen-bond donors (Lipinski definition) is 0. The lowest BCUT2D eigenvalue weighted by molar-refractivity contribution is -0.149. The summed E-state index contributed by atoms with van der Waals surface area (Å²) >= 11 is 7.76. The second-order valence-electron chi connectivity index (χ2n) is 7.03. The predicted octanol–water partition coefficient (Wildman–Crippen LogP) is 3.57. The molecule has 0 saturated carbocycles. The summed E-state index contributed by atoms with van der Waals surface area (Å²) in [7, 11) is 0. The molecule has 0 radical (unpaired) electrons. The molecule has 2 amide bonds. The van der Waals surface area contributed by atoms with Crippen molar-refractivity contribution in [3.05, 3.63) is 58.1 Å². The quantitative estimate of drug-likeness (QED) is 0.460. The molecule has 4 rings (SSSR count). The summed E-state index contributed by atoms with van der Waals surface area (Å²) in [5.41, 5.74) is 1.22. The van der Waals surface area contributed by atoms with E-state index in [0.29, 0.717) is 58.6 Å². The first-order chi connectivity index (χ1) is 15.0. The molecule has 0 aliphatic carbocycles. The van der Waals surface area contributed by atoms with Gasteiger partial charge in [0.25, 0.3) is 11.8 Å². The summed E-state index contributed by atoms with van der Waals surface area (Å²) in [6.07, 6.45) is 2.19. The van der Waals surface area contributed by atoms with Gasteiger partial charge in [0.15, 0.2) is 11.5 Å². The molecule has 31 heavy (non-hydrogen) atoms. The van der Waals surface area contributed by atoms with Crippen LogP contribution in [0.15, 0.2) is 36.4 Å². The molecule has 2 aliphatic heterocycles. The number of carbonyl (C=O) groups excluding carboxylic acids is 3. The van der Waals surface area contributed by atoms with Crippen molar-refractivity contribution in [1.29, 1.82) is 0 Å². The van der Waals surface area contributed by atoms with Gasteiger partial charge in [-0.05, 0) is 48.3 Å². The number of hydrogen-bond acceptors (Lipinski definition) is 7. The van der Waals surface area contributed by atoms with E-state index in [1.54, 1.807) is 36.4 Å². The fourth-order valence-electron chi connectivity index (χ4n) is 3.57. The third-order valence-electron chi connectivity index (χ3n) is 5.04. The summed E-state index contributed by atoms with van der Waals surface area (Å²) in [5, 5.41) is 0.363. The lowest BCUT2D eigenvalue weighted by Crippen LogP contribution is -2.46. The van der Waals surface area contributed by atoms with Gasteiger partial charge in [-0.2, -0.15) is 11.8 Å². The van der Waals surface area contributed by atoms with Gasteiger partial charge < -0.3 is 14.2 Å². The highest BCUT2D eigenvalue weighted by atomic mass is 35.5. The second kappa shape index (κ2) is 9.20. The van der Waals surface area contributed by atoms with E-state index in [9.17, 15) is 14.4 Å². The zero-order valence-corrected chi connectivity index (χ0v) is 18.3. The van der Waals surface area contributed by atoms with Crippen molar-refractivity contribution >= 4 is 41.1 Å². The number of rotatable bonds is 7. The molecule has 0 saturated heterocycles. The summed E-state index contributed by atoms with van der Waals surface area (Å²) in [6, 6.07) is 8.89. The number of benzene rings is 2. The standard InChI is InChI=1S/C22H20ClNO6S/c1-31-9-6-17(24-20(25)14-4-2-3-5-15(14)21(24)26)22(27)30-12-13-10-16(23)19-18(11-13)28-7-8-29-19/h2-5,10-11,17H,6-9,12H2,1H3/t17-/m1/s1.